The Labute approximate surface area is 93.3 Å². The number of rotatable bonds is 3. The van der Waals surface area contributed by atoms with Crippen LogP contribution < -0.4 is 0 Å². The monoisotopic (exact) mass is 219 g/mol. The Bertz CT molecular complexity index is 458. The molecule has 2 nitrogen and oxygen atoms in total. The highest BCUT2D eigenvalue weighted by molar-refractivity contribution is 7.98. The Kier molecular flexibility index (Phi) is 3.23. The second-order valence-corrected chi connectivity index (χ2v) is 4.34. The van der Waals surface area contributed by atoms with E-state index >= 15 is 0 Å². The summed E-state index contributed by atoms with van der Waals surface area (Å²) in [6.07, 6.45) is 3.36. The van der Waals surface area contributed by atoms with Crippen molar-refractivity contribution in [3.8, 4) is 0 Å². The maximum Gasteiger partial charge on any atom is 0.0881 e. The van der Waals surface area contributed by atoms with Crippen molar-refractivity contribution in [2.24, 2.45) is 0 Å². The van der Waals surface area contributed by atoms with E-state index in [9.17, 15) is 5.11 Å². The van der Waals surface area contributed by atoms with Crippen LogP contribution in [0.25, 0.3) is 10.9 Å². The molecule has 0 fully saturated rings. The number of hydrogen-bond donors (Lipinski definition) is 1. The van der Waals surface area contributed by atoms with Crippen LogP contribution in [-0.2, 0) is 0 Å². The minimum absolute atomic E-state index is 0.397. The van der Waals surface area contributed by atoms with E-state index in [4.69, 9.17) is 0 Å². The smallest absolute Gasteiger partial charge is 0.0881 e. The molecule has 1 heterocycles. The summed E-state index contributed by atoms with van der Waals surface area (Å²) in [6.45, 7) is 0. The first-order valence-electron chi connectivity index (χ1n) is 4.83. The molecule has 2 aromatic rings. The maximum atomic E-state index is 9.83. The molecule has 15 heavy (non-hydrogen) atoms. The highest BCUT2D eigenvalue weighted by Crippen LogP contribution is 2.20. The maximum absolute atomic E-state index is 9.83. The van der Waals surface area contributed by atoms with Crippen molar-refractivity contribution < 1.29 is 5.11 Å². The molecule has 0 saturated heterocycles. The fourth-order valence-corrected chi connectivity index (χ4v) is 2.05. The van der Waals surface area contributed by atoms with Gasteiger partial charge >= 0.3 is 0 Å². The first kappa shape index (κ1) is 10.5. The van der Waals surface area contributed by atoms with Crippen LogP contribution in [0.1, 0.15) is 11.7 Å². The Morgan fingerprint density at radius 1 is 1.40 bits per heavy atom. The molecule has 0 radical (unpaired) electrons. The number of aliphatic hydroxyl groups excluding tert-OH is 1. The van der Waals surface area contributed by atoms with Gasteiger partial charge < -0.3 is 5.11 Å². The molecule has 0 aliphatic carbocycles. The standard InChI is InChI=1S/C12H13NOS/c1-15-8-12(14)10-5-4-9-3-2-6-13-11(9)7-10/h2-7,12,14H,8H2,1H3. The summed E-state index contributed by atoms with van der Waals surface area (Å²) in [6, 6.07) is 9.86. The average Bonchev–Trinajstić information content (AvgIpc) is 2.29. The molecule has 0 amide bonds. The van der Waals surface area contributed by atoms with Gasteiger partial charge in [0.1, 0.15) is 0 Å². The number of thioether (sulfide) groups is 1. The molecule has 1 unspecified atom stereocenters. The summed E-state index contributed by atoms with van der Waals surface area (Å²) in [7, 11) is 0. The van der Waals surface area contributed by atoms with Crippen LogP contribution >= 0.6 is 11.8 Å². The van der Waals surface area contributed by atoms with E-state index in [1.165, 1.54) is 0 Å². The predicted molar refractivity (Wildman–Crippen MR) is 65.1 cm³/mol. The summed E-state index contributed by atoms with van der Waals surface area (Å²) in [4.78, 5) is 4.27. The van der Waals surface area contributed by atoms with Gasteiger partial charge in [-0.15, -0.1) is 0 Å². The molecule has 0 bridgehead atoms. The summed E-state index contributed by atoms with van der Waals surface area (Å²) in [5, 5.41) is 10.9. The Balaban J connectivity index is 2.38. The summed E-state index contributed by atoms with van der Waals surface area (Å²) >= 11 is 1.64. The molecular formula is C12H13NOS. The molecule has 1 aromatic carbocycles. The molecule has 3 heteroatoms. The van der Waals surface area contributed by atoms with Crippen LogP contribution in [0.2, 0.25) is 0 Å². The van der Waals surface area contributed by atoms with E-state index in [0.29, 0.717) is 0 Å². The summed E-state index contributed by atoms with van der Waals surface area (Å²) in [5.41, 5.74) is 1.88. The van der Waals surface area contributed by atoms with Gasteiger partial charge in [-0.2, -0.15) is 11.8 Å². The lowest BCUT2D eigenvalue weighted by molar-refractivity contribution is 0.204. The van der Waals surface area contributed by atoms with Gasteiger partial charge in [0.2, 0.25) is 0 Å². The van der Waals surface area contributed by atoms with Gasteiger partial charge in [-0.05, 0) is 24.0 Å². The molecule has 1 N–H and O–H groups in total. The summed E-state index contributed by atoms with van der Waals surface area (Å²) in [5.74, 6) is 0.721. The van der Waals surface area contributed by atoms with Crippen molar-refractivity contribution in [2.75, 3.05) is 12.0 Å². The Morgan fingerprint density at radius 3 is 3.07 bits per heavy atom. The van der Waals surface area contributed by atoms with Gasteiger partial charge in [-0.25, -0.2) is 0 Å². The van der Waals surface area contributed by atoms with Crippen LogP contribution in [0.3, 0.4) is 0 Å². The van der Waals surface area contributed by atoms with Crippen LogP contribution in [-0.4, -0.2) is 22.1 Å². The Hall–Kier alpha value is -1.06. The number of hydrogen-bond acceptors (Lipinski definition) is 3. The Morgan fingerprint density at radius 2 is 2.27 bits per heavy atom. The third-order valence-electron chi connectivity index (χ3n) is 2.34. The molecule has 0 spiro atoms. The van der Waals surface area contributed by atoms with Crippen molar-refractivity contribution in [3.05, 3.63) is 42.1 Å². The quantitative estimate of drug-likeness (QED) is 0.861. The molecule has 2 rings (SSSR count). The zero-order chi connectivity index (χ0) is 10.7. The lowest BCUT2D eigenvalue weighted by Gasteiger charge is -2.09. The molecule has 0 saturated carbocycles. The SMILES string of the molecule is CSCC(O)c1ccc2cccnc2c1. The molecule has 1 aromatic heterocycles. The average molecular weight is 219 g/mol. The van der Waals surface area contributed by atoms with Crippen molar-refractivity contribution in [1.29, 1.82) is 0 Å². The fourth-order valence-electron chi connectivity index (χ4n) is 1.54. The molecule has 78 valence electrons. The number of pyridine rings is 1. The number of fused-ring (bicyclic) bond motifs is 1. The zero-order valence-electron chi connectivity index (χ0n) is 8.55. The van der Waals surface area contributed by atoms with Crippen molar-refractivity contribution in [1.82, 2.24) is 4.98 Å². The number of benzene rings is 1. The topological polar surface area (TPSA) is 33.1 Å². The van der Waals surface area contributed by atoms with E-state index < -0.39 is 6.10 Å². The first-order valence-corrected chi connectivity index (χ1v) is 6.22. The van der Waals surface area contributed by atoms with Crippen LogP contribution in [0, 0.1) is 0 Å². The first-order chi connectivity index (χ1) is 7.31. The lowest BCUT2D eigenvalue weighted by Crippen LogP contribution is -2.00. The van der Waals surface area contributed by atoms with Crippen LogP contribution in [0.5, 0.6) is 0 Å². The molecule has 0 aliphatic heterocycles. The van der Waals surface area contributed by atoms with Gasteiger partial charge in [0.25, 0.3) is 0 Å². The molecule has 1 atom stereocenters. The molecule has 0 aliphatic rings. The minimum Gasteiger partial charge on any atom is -0.388 e. The van der Waals surface area contributed by atoms with E-state index in [1.54, 1.807) is 18.0 Å². The second kappa shape index (κ2) is 4.64. The van der Waals surface area contributed by atoms with E-state index in [2.05, 4.69) is 4.98 Å². The second-order valence-electron chi connectivity index (χ2n) is 3.43. The van der Waals surface area contributed by atoms with Crippen molar-refractivity contribution in [2.45, 2.75) is 6.10 Å². The largest absolute Gasteiger partial charge is 0.388 e. The summed E-state index contributed by atoms with van der Waals surface area (Å²) < 4.78 is 0. The highest BCUT2D eigenvalue weighted by atomic mass is 32.2. The van der Waals surface area contributed by atoms with E-state index in [-0.39, 0.29) is 0 Å². The molecular weight excluding hydrogens is 206 g/mol. The van der Waals surface area contributed by atoms with Crippen LogP contribution in [0.15, 0.2) is 36.5 Å². The minimum atomic E-state index is -0.397. The third kappa shape index (κ3) is 2.30. The van der Waals surface area contributed by atoms with E-state index in [0.717, 1.165) is 22.2 Å². The highest BCUT2D eigenvalue weighted by Gasteiger charge is 2.07. The lowest BCUT2D eigenvalue weighted by atomic mass is 10.1. The van der Waals surface area contributed by atoms with Gasteiger partial charge in [0.15, 0.2) is 0 Å². The van der Waals surface area contributed by atoms with Gasteiger partial charge in [0, 0.05) is 17.3 Å². The number of aromatic nitrogens is 1. The van der Waals surface area contributed by atoms with Crippen molar-refractivity contribution in [3.63, 3.8) is 0 Å². The third-order valence-corrected chi connectivity index (χ3v) is 2.99. The van der Waals surface area contributed by atoms with Gasteiger partial charge in [-0.1, -0.05) is 18.2 Å². The number of nitrogens with zero attached hydrogens (tertiary/aromatic N) is 1. The van der Waals surface area contributed by atoms with Gasteiger partial charge in [0.05, 0.1) is 11.6 Å². The van der Waals surface area contributed by atoms with Gasteiger partial charge in [-0.3, -0.25) is 4.98 Å². The fraction of sp³-hybridized carbons (Fsp3) is 0.250. The zero-order valence-corrected chi connectivity index (χ0v) is 9.37. The van der Waals surface area contributed by atoms with Crippen LogP contribution in [0.4, 0.5) is 0 Å². The number of aliphatic hydroxyl groups is 1. The van der Waals surface area contributed by atoms with Crippen molar-refractivity contribution >= 4 is 22.7 Å². The normalized spacial score (nSPS) is 12.9. The van der Waals surface area contributed by atoms with E-state index in [1.807, 2.05) is 36.6 Å². The predicted octanol–water partition coefficient (Wildman–Crippen LogP) is 2.63.